The maximum Gasteiger partial charge on any atom is 0.263 e. The van der Waals surface area contributed by atoms with E-state index < -0.39 is 15.9 Å². The van der Waals surface area contributed by atoms with Gasteiger partial charge in [-0.2, -0.15) is 0 Å². The van der Waals surface area contributed by atoms with Crippen LogP contribution in [0.5, 0.6) is 0 Å². The third-order valence-electron chi connectivity index (χ3n) is 4.27. The molecular weight excluding hydrogens is 396 g/mol. The zero-order chi connectivity index (χ0) is 20.3. The third-order valence-corrected chi connectivity index (χ3v) is 6.11. The van der Waals surface area contributed by atoms with Gasteiger partial charge in [0.15, 0.2) is 0 Å². The number of rotatable bonds is 5. The van der Waals surface area contributed by atoms with Crippen molar-refractivity contribution in [1.29, 1.82) is 0 Å². The molecule has 0 aliphatic carbocycles. The fourth-order valence-electron chi connectivity index (χ4n) is 2.65. The highest BCUT2D eigenvalue weighted by Gasteiger charge is 2.21. The van der Waals surface area contributed by atoms with Crippen molar-refractivity contribution >= 4 is 38.9 Å². The maximum absolute atomic E-state index is 12.8. The molecule has 2 N–H and O–H groups in total. The molecule has 0 heterocycles. The standard InChI is InChI=1S/C21H19ClN2O3S/c1-14-7-3-5-9-18(14)23-21(25)16-11-12-17(22)20(13-16)28(26,27)24-19-10-6-4-8-15(19)2/h3-13,24H,1-2H3,(H,23,25). The Morgan fingerprint density at radius 3 is 2.04 bits per heavy atom. The van der Waals surface area contributed by atoms with Crippen LogP contribution in [0.15, 0.2) is 71.6 Å². The number of para-hydroxylation sites is 2. The molecule has 0 radical (unpaired) electrons. The van der Waals surface area contributed by atoms with Gasteiger partial charge in [0.1, 0.15) is 4.90 Å². The molecule has 28 heavy (non-hydrogen) atoms. The number of carbonyl (C=O) groups is 1. The van der Waals surface area contributed by atoms with Crippen molar-refractivity contribution in [3.8, 4) is 0 Å². The van der Waals surface area contributed by atoms with Gasteiger partial charge in [0.05, 0.1) is 10.7 Å². The molecule has 0 aliphatic heterocycles. The Kier molecular flexibility index (Phi) is 5.72. The molecule has 0 aliphatic rings. The van der Waals surface area contributed by atoms with Gasteiger partial charge in [0.2, 0.25) is 0 Å². The lowest BCUT2D eigenvalue weighted by molar-refractivity contribution is 0.102. The van der Waals surface area contributed by atoms with Crippen LogP contribution in [-0.4, -0.2) is 14.3 Å². The molecule has 0 bridgehead atoms. The summed E-state index contributed by atoms with van der Waals surface area (Å²) in [7, 11) is -3.97. The number of carbonyl (C=O) groups excluding carboxylic acids is 1. The predicted octanol–water partition coefficient (Wildman–Crippen LogP) is 5.01. The molecule has 3 aromatic rings. The molecule has 3 rings (SSSR count). The Labute approximate surface area is 169 Å². The van der Waals surface area contributed by atoms with Crippen molar-refractivity contribution in [2.75, 3.05) is 10.0 Å². The highest BCUT2D eigenvalue weighted by atomic mass is 35.5. The summed E-state index contributed by atoms with van der Waals surface area (Å²) >= 11 is 6.13. The summed E-state index contributed by atoms with van der Waals surface area (Å²) in [5.74, 6) is -0.418. The van der Waals surface area contributed by atoms with E-state index in [2.05, 4.69) is 10.0 Å². The van der Waals surface area contributed by atoms with E-state index in [9.17, 15) is 13.2 Å². The summed E-state index contributed by atoms with van der Waals surface area (Å²) in [5.41, 5.74) is 2.98. The molecule has 0 atom stereocenters. The number of anilines is 2. The van der Waals surface area contributed by atoms with Gasteiger partial charge in [0.25, 0.3) is 15.9 Å². The fourth-order valence-corrected chi connectivity index (χ4v) is 4.30. The minimum absolute atomic E-state index is 0.0357. The van der Waals surface area contributed by atoms with Crippen molar-refractivity contribution in [1.82, 2.24) is 0 Å². The minimum atomic E-state index is -3.97. The van der Waals surface area contributed by atoms with Crippen LogP contribution in [0.2, 0.25) is 5.02 Å². The molecular formula is C21H19ClN2O3S. The van der Waals surface area contributed by atoms with Crippen molar-refractivity contribution in [3.63, 3.8) is 0 Å². The smallest absolute Gasteiger partial charge is 0.263 e. The van der Waals surface area contributed by atoms with E-state index in [-0.39, 0.29) is 15.5 Å². The van der Waals surface area contributed by atoms with Crippen LogP contribution in [0.1, 0.15) is 21.5 Å². The number of sulfonamides is 1. The first-order valence-electron chi connectivity index (χ1n) is 8.53. The summed E-state index contributed by atoms with van der Waals surface area (Å²) < 4.78 is 28.2. The summed E-state index contributed by atoms with van der Waals surface area (Å²) in [6, 6.07) is 18.5. The summed E-state index contributed by atoms with van der Waals surface area (Å²) in [5, 5.41) is 2.82. The van der Waals surface area contributed by atoms with Gasteiger partial charge in [0, 0.05) is 11.3 Å². The molecule has 7 heteroatoms. The van der Waals surface area contributed by atoms with Crippen molar-refractivity contribution < 1.29 is 13.2 Å². The second-order valence-electron chi connectivity index (χ2n) is 6.33. The van der Waals surface area contributed by atoms with Crippen LogP contribution < -0.4 is 10.0 Å². The number of benzene rings is 3. The average molecular weight is 415 g/mol. The fraction of sp³-hybridized carbons (Fsp3) is 0.0952. The Balaban J connectivity index is 1.92. The summed E-state index contributed by atoms with van der Waals surface area (Å²) in [6.45, 7) is 3.67. The molecule has 0 fully saturated rings. The molecule has 0 saturated carbocycles. The van der Waals surface area contributed by atoms with Crippen LogP contribution in [0.3, 0.4) is 0 Å². The van der Waals surface area contributed by atoms with Crippen LogP contribution in [0.25, 0.3) is 0 Å². The number of aryl methyl sites for hydroxylation is 2. The van der Waals surface area contributed by atoms with Crippen molar-refractivity contribution in [3.05, 3.63) is 88.4 Å². The van der Waals surface area contributed by atoms with Crippen LogP contribution in [0, 0.1) is 13.8 Å². The van der Waals surface area contributed by atoms with E-state index in [4.69, 9.17) is 11.6 Å². The largest absolute Gasteiger partial charge is 0.322 e. The lowest BCUT2D eigenvalue weighted by atomic mass is 10.1. The normalized spacial score (nSPS) is 11.1. The highest BCUT2D eigenvalue weighted by molar-refractivity contribution is 7.92. The number of nitrogens with one attached hydrogen (secondary N) is 2. The van der Waals surface area contributed by atoms with Crippen LogP contribution in [-0.2, 0) is 10.0 Å². The highest BCUT2D eigenvalue weighted by Crippen LogP contribution is 2.27. The van der Waals surface area contributed by atoms with Gasteiger partial charge in [-0.05, 0) is 55.3 Å². The van der Waals surface area contributed by atoms with E-state index in [0.29, 0.717) is 11.4 Å². The van der Waals surface area contributed by atoms with E-state index >= 15 is 0 Å². The summed E-state index contributed by atoms with van der Waals surface area (Å²) in [6.07, 6.45) is 0. The Hall–Kier alpha value is -2.83. The SMILES string of the molecule is Cc1ccccc1NC(=O)c1ccc(Cl)c(S(=O)(=O)Nc2ccccc2C)c1. The number of amides is 1. The van der Waals surface area contributed by atoms with Gasteiger partial charge in [-0.15, -0.1) is 0 Å². The zero-order valence-corrected chi connectivity index (χ0v) is 16.9. The Morgan fingerprint density at radius 2 is 1.43 bits per heavy atom. The van der Waals surface area contributed by atoms with Gasteiger partial charge in [-0.3, -0.25) is 9.52 Å². The van der Waals surface area contributed by atoms with Crippen LogP contribution in [0.4, 0.5) is 11.4 Å². The molecule has 3 aromatic carbocycles. The zero-order valence-electron chi connectivity index (χ0n) is 15.4. The first kappa shape index (κ1) is 19.9. The van der Waals surface area contributed by atoms with Crippen molar-refractivity contribution in [2.45, 2.75) is 18.7 Å². The minimum Gasteiger partial charge on any atom is -0.322 e. The monoisotopic (exact) mass is 414 g/mol. The maximum atomic E-state index is 12.8. The Bertz CT molecular complexity index is 1140. The molecule has 5 nitrogen and oxygen atoms in total. The molecule has 0 unspecified atom stereocenters. The van der Waals surface area contributed by atoms with Gasteiger partial charge >= 0.3 is 0 Å². The quantitative estimate of drug-likeness (QED) is 0.616. The second-order valence-corrected chi connectivity index (χ2v) is 8.39. The molecule has 0 aromatic heterocycles. The van der Waals surface area contributed by atoms with Crippen LogP contribution >= 0.6 is 11.6 Å². The molecule has 0 spiro atoms. The Morgan fingerprint density at radius 1 is 0.857 bits per heavy atom. The lowest BCUT2D eigenvalue weighted by Crippen LogP contribution is -2.17. The van der Waals surface area contributed by atoms with E-state index in [1.165, 1.54) is 18.2 Å². The first-order chi connectivity index (χ1) is 13.3. The van der Waals surface area contributed by atoms with Gasteiger partial charge in [-0.1, -0.05) is 48.0 Å². The predicted molar refractivity (Wildman–Crippen MR) is 113 cm³/mol. The molecule has 0 saturated heterocycles. The number of hydrogen-bond donors (Lipinski definition) is 2. The van der Waals surface area contributed by atoms with E-state index in [0.717, 1.165) is 11.1 Å². The topological polar surface area (TPSA) is 75.3 Å². The number of hydrogen-bond acceptors (Lipinski definition) is 3. The van der Waals surface area contributed by atoms with Crippen molar-refractivity contribution in [2.24, 2.45) is 0 Å². The van der Waals surface area contributed by atoms with E-state index in [1.807, 2.05) is 31.2 Å². The average Bonchev–Trinajstić information content (AvgIpc) is 2.65. The third kappa shape index (κ3) is 4.35. The lowest BCUT2D eigenvalue weighted by Gasteiger charge is -2.13. The van der Waals surface area contributed by atoms with Gasteiger partial charge < -0.3 is 5.32 Å². The summed E-state index contributed by atoms with van der Waals surface area (Å²) in [4.78, 5) is 12.4. The van der Waals surface area contributed by atoms with E-state index in [1.54, 1.807) is 31.2 Å². The molecule has 1 amide bonds. The number of halogens is 1. The first-order valence-corrected chi connectivity index (χ1v) is 10.4. The molecule has 144 valence electrons. The second kappa shape index (κ2) is 8.04. The van der Waals surface area contributed by atoms with Gasteiger partial charge in [-0.25, -0.2) is 8.42 Å².